The van der Waals surface area contributed by atoms with Crippen molar-refractivity contribution in [3.8, 4) is 0 Å². The monoisotopic (exact) mass is 206 g/mol. The second kappa shape index (κ2) is 5.29. The Morgan fingerprint density at radius 1 is 1.27 bits per heavy atom. The van der Waals surface area contributed by atoms with Gasteiger partial charge in [-0.3, -0.25) is 0 Å². The molecule has 0 aliphatic heterocycles. The zero-order valence-electron chi connectivity index (χ0n) is 9.96. The van der Waals surface area contributed by atoms with E-state index in [9.17, 15) is 0 Å². The SMILES string of the molecule is CNC(CC(C)(C)CN)c1ccccc1. The molecule has 0 heterocycles. The van der Waals surface area contributed by atoms with Crippen molar-refractivity contribution in [2.24, 2.45) is 11.1 Å². The summed E-state index contributed by atoms with van der Waals surface area (Å²) in [5.74, 6) is 0. The van der Waals surface area contributed by atoms with Gasteiger partial charge in [-0.15, -0.1) is 0 Å². The molecule has 2 heteroatoms. The summed E-state index contributed by atoms with van der Waals surface area (Å²) in [5, 5.41) is 3.35. The van der Waals surface area contributed by atoms with Gasteiger partial charge in [-0.05, 0) is 31.0 Å². The van der Waals surface area contributed by atoms with E-state index in [2.05, 4.69) is 43.4 Å². The van der Waals surface area contributed by atoms with Crippen LogP contribution in [0.2, 0.25) is 0 Å². The van der Waals surface area contributed by atoms with Gasteiger partial charge in [-0.1, -0.05) is 44.2 Å². The van der Waals surface area contributed by atoms with Crippen LogP contribution in [0.4, 0.5) is 0 Å². The lowest BCUT2D eigenvalue weighted by Crippen LogP contribution is -2.30. The lowest BCUT2D eigenvalue weighted by molar-refractivity contribution is 0.299. The van der Waals surface area contributed by atoms with Gasteiger partial charge in [0.25, 0.3) is 0 Å². The minimum absolute atomic E-state index is 0.184. The van der Waals surface area contributed by atoms with Gasteiger partial charge >= 0.3 is 0 Å². The van der Waals surface area contributed by atoms with E-state index in [4.69, 9.17) is 5.73 Å². The van der Waals surface area contributed by atoms with Crippen LogP contribution in [0.25, 0.3) is 0 Å². The maximum atomic E-state index is 5.76. The van der Waals surface area contributed by atoms with Crippen LogP contribution in [0.3, 0.4) is 0 Å². The van der Waals surface area contributed by atoms with Gasteiger partial charge in [-0.2, -0.15) is 0 Å². The molecule has 0 aliphatic rings. The van der Waals surface area contributed by atoms with Gasteiger partial charge in [0.05, 0.1) is 0 Å². The van der Waals surface area contributed by atoms with Gasteiger partial charge in [0.1, 0.15) is 0 Å². The van der Waals surface area contributed by atoms with Gasteiger partial charge in [0.15, 0.2) is 0 Å². The summed E-state index contributed by atoms with van der Waals surface area (Å²) in [6.45, 7) is 5.14. The molecular formula is C13H22N2. The molecule has 1 atom stereocenters. The predicted octanol–water partition coefficient (Wildman–Crippen LogP) is 2.32. The number of rotatable bonds is 5. The van der Waals surface area contributed by atoms with Crippen molar-refractivity contribution in [3.63, 3.8) is 0 Å². The molecule has 0 amide bonds. The Balaban J connectivity index is 2.73. The molecule has 0 saturated heterocycles. The first-order chi connectivity index (χ1) is 7.09. The lowest BCUT2D eigenvalue weighted by Gasteiger charge is -2.28. The van der Waals surface area contributed by atoms with Crippen LogP contribution < -0.4 is 11.1 Å². The molecule has 0 spiro atoms. The fourth-order valence-corrected chi connectivity index (χ4v) is 1.71. The molecule has 0 fully saturated rings. The Morgan fingerprint density at radius 3 is 2.33 bits per heavy atom. The zero-order chi connectivity index (χ0) is 11.3. The third-order valence-electron chi connectivity index (χ3n) is 2.86. The fourth-order valence-electron chi connectivity index (χ4n) is 1.71. The van der Waals surface area contributed by atoms with E-state index < -0.39 is 0 Å². The van der Waals surface area contributed by atoms with Crippen molar-refractivity contribution in [2.45, 2.75) is 26.3 Å². The number of hydrogen-bond acceptors (Lipinski definition) is 2. The molecular weight excluding hydrogens is 184 g/mol. The van der Waals surface area contributed by atoms with Crippen molar-refractivity contribution in [1.29, 1.82) is 0 Å². The number of hydrogen-bond donors (Lipinski definition) is 2. The van der Waals surface area contributed by atoms with Crippen LogP contribution in [0, 0.1) is 5.41 Å². The molecule has 0 radical (unpaired) electrons. The maximum Gasteiger partial charge on any atom is 0.0323 e. The predicted molar refractivity (Wildman–Crippen MR) is 65.7 cm³/mol. The molecule has 1 rings (SSSR count). The van der Waals surface area contributed by atoms with E-state index in [1.54, 1.807) is 0 Å². The molecule has 0 bridgehead atoms. The quantitative estimate of drug-likeness (QED) is 0.776. The summed E-state index contributed by atoms with van der Waals surface area (Å²) < 4.78 is 0. The van der Waals surface area contributed by atoms with Gasteiger partial charge < -0.3 is 11.1 Å². The summed E-state index contributed by atoms with van der Waals surface area (Å²) in [6, 6.07) is 10.9. The highest BCUT2D eigenvalue weighted by molar-refractivity contribution is 5.19. The van der Waals surface area contributed by atoms with Gasteiger partial charge in [0.2, 0.25) is 0 Å². The molecule has 0 saturated carbocycles. The van der Waals surface area contributed by atoms with Crippen molar-refractivity contribution in [3.05, 3.63) is 35.9 Å². The molecule has 2 nitrogen and oxygen atoms in total. The first-order valence-electron chi connectivity index (χ1n) is 5.51. The maximum absolute atomic E-state index is 5.76. The van der Waals surface area contributed by atoms with E-state index >= 15 is 0 Å². The minimum atomic E-state index is 0.184. The summed E-state index contributed by atoms with van der Waals surface area (Å²) in [6.07, 6.45) is 1.06. The standard InChI is InChI=1S/C13H22N2/c1-13(2,10-14)9-12(15-3)11-7-5-4-6-8-11/h4-8,12,15H,9-10,14H2,1-3H3. The van der Waals surface area contributed by atoms with Crippen LogP contribution in [-0.2, 0) is 0 Å². The summed E-state index contributed by atoms with van der Waals surface area (Å²) in [5.41, 5.74) is 7.28. The van der Waals surface area contributed by atoms with Crippen LogP contribution in [-0.4, -0.2) is 13.6 Å². The normalized spacial score (nSPS) is 13.9. The van der Waals surface area contributed by atoms with Crippen LogP contribution in [0.1, 0.15) is 31.9 Å². The van der Waals surface area contributed by atoms with E-state index in [0.717, 1.165) is 13.0 Å². The summed E-state index contributed by atoms with van der Waals surface area (Å²) >= 11 is 0. The molecule has 1 aromatic carbocycles. The Kier molecular flexibility index (Phi) is 4.30. The Labute approximate surface area is 92.9 Å². The lowest BCUT2D eigenvalue weighted by atomic mass is 9.83. The number of nitrogens with one attached hydrogen (secondary N) is 1. The molecule has 0 aromatic heterocycles. The van der Waals surface area contributed by atoms with E-state index in [1.165, 1.54) is 5.56 Å². The number of nitrogens with two attached hydrogens (primary N) is 1. The van der Waals surface area contributed by atoms with Crippen molar-refractivity contribution in [1.82, 2.24) is 5.32 Å². The average Bonchev–Trinajstić information content (AvgIpc) is 2.27. The summed E-state index contributed by atoms with van der Waals surface area (Å²) in [7, 11) is 2.00. The van der Waals surface area contributed by atoms with E-state index in [0.29, 0.717) is 6.04 Å². The highest BCUT2D eigenvalue weighted by Crippen LogP contribution is 2.28. The summed E-state index contributed by atoms with van der Waals surface area (Å²) in [4.78, 5) is 0. The third-order valence-corrected chi connectivity index (χ3v) is 2.86. The Hall–Kier alpha value is -0.860. The highest BCUT2D eigenvalue weighted by Gasteiger charge is 2.21. The van der Waals surface area contributed by atoms with Crippen LogP contribution >= 0.6 is 0 Å². The van der Waals surface area contributed by atoms with E-state index in [1.807, 2.05) is 13.1 Å². The topological polar surface area (TPSA) is 38.0 Å². The van der Waals surface area contributed by atoms with Crippen LogP contribution in [0.15, 0.2) is 30.3 Å². The molecule has 0 aliphatic carbocycles. The second-order valence-electron chi connectivity index (χ2n) is 4.82. The first-order valence-corrected chi connectivity index (χ1v) is 5.51. The molecule has 84 valence electrons. The second-order valence-corrected chi connectivity index (χ2v) is 4.82. The van der Waals surface area contributed by atoms with Crippen molar-refractivity contribution < 1.29 is 0 Å². The molecule has 3 N–H and O–H groups in total. The van der Waals surface area contributed by atoms with Crippen molar-refractivity contribution in [2.75, 3.05) is 13.6 Å². The largest absolute Gasteiger partial charge is 0.330 e. The molecule has 1 unspecified atom stereocenters. The molecule has 1 aromatic rings. The van der Waals surface area contributed by atoms with Gasteiger partial charge in [-0.25, -0.2) is 0 Å². The minimum Gasteiger partial charge on any atom is -0.330 e. The smallest absolute Gasteiger partial charge is 0.0323 e. The Morgan fingerprint density at radius 2 is 1.87 bits per heavy atom. The van der Waals surface area contributed by atoms with Gasteiger partial charge in [0, 0.05) is 6.04 Å². The molecule has 15 heavy (non-hydrogen) atoms. The zero-order valence-corrected chi connectivity index (χ0v) is 9.96. The number of benzene rings is 1. The Bertz CT molecular complexity index is 280. The average molecular weight is 206 g/mol. The first kappa shape index (κ1) is 12.2. The third kappa shape index (κ3) is 3.65. The highest BCUT2D eigenvalue weighted by atomic mass is 14.9. The fraction of sp³-hybridized carbons (Fsp3) is 0.538. The van der Waals surface area contributed by atoms with Crippen molar-refractivity contribution >= 4 is 0 Å². The van der Waals surface area contributed by atoms with Crippen LogP contribution in [0.5, 0.6) is 0 Å². The van der Waals surface area contributed by atoms with E-state index in [-0.39, 0.29) is 5.41 Å².